The van der Waals surface area contributed by atoms with E-state index in [4.69, 9.17) is 9.47 Å². The van der Waals surface area contributed by atoms with Gasteiger partial charge in [-0.25, -0.2) is 0 Å². The van der Waals surface area contributed by atoms with E-state index >= 15 is 0 Å². The molecule has 1 aromatic heterocycles. The number of carbonyl (C=O) groups is 2. The van der Waals surface area contributed by atoms with E-state index in [-0.39, 0.29) is 17.9 Å². The van der Waals surface area contributed by atoms with Crippen LogP contribution in [0.3, 0.4) is 0 Å². The fourth-order valence-corrected chi connectivity index (χ4v) is 5.56. The molecule has 168 valence electrons. The molecular weight excluding hydrogens is 418 g/mol. The zero-order valence-corrected chi connectivity index (χ0v) is 18.3. The molecule has 2 bridgehead atoms. The predicted molar refractivity (Wildman–Crippen MR) is 124 cm³/mol. The third-order valence-corrected chi connectivity index (χ3v) is 7.16. The molecule has 1 spiro atoms. The van der Waals surface area contributed by atoms with Crippen molar-refractivity contribution in [2.24, 2.45) is 11.8 Å². The normalized spacial score (nSPS) is 27.4. The molecule has 3 aliphatic rings. The number of anilines is 1. The van der Waals surface area contributed by atoms with Crippen LogP contribution in [0.1, 0.15) is 5.56 Å². The van der Waals surface area contributed by atoms with E-state index in [2.05, 4.69) is 16.4 Å². The average molecular weight is 444 g/mol. The summed E-state index contributed by atoms with van der Waals surface area (Å²) in [7, 11) is 1.61. The minimum Gasteiger partial charge on any atom is -0.497 e. The second-order valence-corrected chi connectivity index (χ2v) is 8.92. The fraction of sp³-hybridized carbons (Fsp3) is 0.308. The van der Waals surface area contributed by atoms with E-state index in [0.717, 1.165) is 27.9 Å². The topological polar surface area (TPSA) is 83.7 Å². The molecule has 7 nitrogen and oxygen atoms in total. The number of hydrogen-bond acceptors (Lipinski definition) is 4. The van der Waals surface area contributed by atoms with Crippen LogP contribution >= 0.6 is 0 Å². The molecular formula is C26H25N3O4. The molecule has 3 aromatic rings. The van der Waals surface area contributed by atoms with Crippen molar-refractivity contribution in [3.05, 3.63) is 72.4 Å². The van der Waals surface area contributed by atoms with Crippen LogP contribution in [0, 0.1) is 11.8 Å². The van der Waals surface area contributed by atoms with Gasteiger partial charge in [-0.1, -0.05) is 30.4 Å². The first-order valence-corrected chi connectivity index (χ1v) is 11.2. The lowest BCUT2D eigenvalue weighted by atomic mass is 9.77. The summed E-state index contributed by atoms with van der Waals surface area (Å²) < 4.78 is 11.5. The van der Waals surface area contributed by atoms with Crippen LogP contribution in [-0.2, 0) is 20.7 Å². The number of hydrogen-bond donors (Lipinski definition) is 2. The Morgan fingerprint density at radius 2 is 2.06 bits per heavy atom. The molecule has 3 aliphatic heterocycles. The molecule has 2 amide bonds. The van der Waals surface area contributed by atoms with Crippen LogP contribution in [-0.4, -0.2) is 48.7 Å². The Bertz CT molecular complexity index is 1260. The maximum absolute atomic E-state index is 13.4. The van der Waals surface area contributed by atoms with Gasteiger partial charge in [0.05, 0.1) is 31.6 Å². The van der Waals surface area contributed by atoms with Gasteiger partial charge in [0.2, 0.25) is 11.8 Å². The van der Waals surface area contributed by atoms with Crippen LogP contribution in [0.25, 0.3) is 10.9 Å². The van der Waals surface area contributed by atoms with Crippen LogP contribution < -0.4 is 15.0 Å². The molecule has 0 radical (unpaired) electrons. The maximum atomic E-state index is 13.4. The van der Waals surface area contributed by atoms with Crippen LogP contribution in [0.15, 0.2) is 66.9 Å². The van der Waals surface area contributed by atoms with Crippen molar-refractivity contribution in [1.82, 2.24) is 10.3 Å². The number of nitrogens with zero attached hydrogens (tertiary/aromatic N) is 1. The minimum atomic E-state index is -0.736. The number of methoxy groups -OCH3 is 1. The van der Waals surface area contributed by atoms with E-state index in [1.165, 1.54) is 0 Å². The molecule has 2 fully saturated rings. The Hall–Kier alpha value is -3.58. The number of nitrogens with one attached hydrogen (secondary N) is 2. The Morgan fingerprint density at radius 1 is 1.24 bits per heavy atom. The molecule has 33 heavy (non-hydrogen) atoms. The third-order valence-electron chi connectivity index (χ3n) is 7.16. The van der Waals surface area contributed by atoms with Gasteiger partial charge in [0.25, 0.3) is 0 Å². The second kappa shape index (κ2) is 7.49. The summed E-state index contributed by atoms with van der Waals surface area (Å²) in [6.45, 7) is 0.915. The van der Waals surface area contributed by atoms with E-state index in [1.54, 1.807) is 12.0 Å². The zero-order chi connectivity index (χ0) is 22.6. The van der Waals surface area contributed by atoms with Crippen molar-refractivity contribution in [1.29, 1.82) is 0 Å². The number of benzene rings is 2. The van der Waals surface area contributed by atoms with Gasteiger partial charge in [-0.3, -0.25) is 9.59 Å². The standard InChI is InChI=1S/C26H25N3O4/c1-32-18-8-6-17(7-9-18)29-15-26-12-10-21(33-26)22(23(26)25(29)31)24(30)27-13-11-16-14-28-20-5-3-2-4-19(16)20/h2-10,12,14,21-23,28H,11,13,15H2,1H3,(H,27,30)/t21-,22+,23-,26-/m1/s1. The number of amides is 2. The Balaban J connectivity index is 1.17. The molecule has 7 heteroatoms. The predicted octanol–water partition coefficient (Wildman–Crippen LogP) is 2.82. The molecule has 4 atom stereocenters. The summed E-state index contributed by atoms with van der Waals surface area (Å²) in [4.78, 5) is 31.7. The second-order valence-electron chi connectivity index (χ2n) is 8.92. The largest absolute Gasteiger partial charge is 0.497 e. The zero-order valence-electron chi connectivity index (χ0n) is 18.3. The minimum absolute atomic E-state index is 0.0659. The molecule has 2 saturated heterocycles. The van der Waals surface area contributed by atoms with Crippen molar-refractivity contribution in [2.75, 3.05) is 25.1 Å². The van der Waals surface area contributed by atoms with Crippen molar-refractivity contribution >= 4 is 28.4 Å². The van der Waals surface area contributed by atoms with Crippen molar-refractivity contribution in [3.63, 3.8) is 0 Å². The molecule has 4 heterocycles. The van der Waals surface area contributed by atoms with Gasteiger partial charge < -0.3 is 24.7 Å². The smallest absolute Gasteiger partial charge is 0.234 e. The first-order chi connectivity index (χ1) is 16.1. The van der Waals surface area contributed by atoms with E-state index in [0.29, 0.717) is 19.5 Å². The SMILES string of the molecule is COc1ccc(N2C[C@@]34C=C[C@@H](O3)[C@H](C(=O)NCCc3c[nH]c5ccccc35)[C@@H]4C2=O)cc1. The van der Waals surface area contributed by atoms with E-state index in [9.17, 15) is 9.59 Å². The van der Waals surface area contributed by atoms with E-state index in [1.807, 2.05) is 60.8 Å². The highest BCUT2D eigenvalue weighted by atomic mass is 16.5. The highest BCUT2D eigenvalue weighted by Gasteiger charge is 2.67. The Labute approximate surface area is 191 Å². The monoisotopic (exact) mass is 443 g/mol. The summed E-state index contributed by atoms with van der Waals surface area (Å²) in [5.41, 5.74) is 2.29. The summed E-state index contributed by atoms with van der Waals surface area (Å²) >= 11 is 0. The fourth-order valence-electron chi connectivity index (χ4n) is 5.56. The summed E-state index contributed by atoms with van der Waals surface area (Å²) in [5, 5.41) is 4.22. The van der Waals surface area contributed by atoms with Gasteiger partial charge in [-0.05, 0) is 42.3 Å². The number of rotatable bonds is 6. The van der Waals surface area contributed by atoms with Crippen molar-refractivity contribution in [2.45, 2.75) is 18.1 Å². The highest BCUT2D eigenvalue weighted by molar-refractivity contribution is 6.03. The lowest BCUT2D eigenvalue weighted by Gasteiger charge is -2.23. The van der Waals surface area contributed by atoms with Crippen LogP contribution in [0.2, 0.25) is 0 Å². The number of para-hydroxylation sites is 1. The molecule has 0 unspecified atom stereocenters. The number of carbonyl (C=O) groups excluding carboxylic acids is 2. The number of aromatic nitrogens is 1. The van der Waals surface area contributed by atoms with Gasteiger partial charge in [0.1, 0.15) is 11.4 Å². The quantitative estimate of drug-likeness (QED) is 0.574. The highest BCUT2D eigenvalue weighted by Crippen LogP contribution is 2.52. The average Bonchev–Trinajstić information content (AvgIpc) is 3.59. The Kier molecular flexibility index (Phi) is 4.55. The van der Waals surface area contributed by atoms with Gasteiger partial charge >= 0.3 is 0 Å². The van der Waals surface area contributed by atoms with Crippen molar-refractivity contribution in [3.8, 4) is 5.75 Å². The number of H-pyrrole nitrogens is 1. The number of aromatic amines is 1. The lowest BCUT2D eigenvalue weighted by molar-refractivity contribution is -0.131. The summed E-state index contributed by atoms with van der Waals surface area (Å²) in [5.74, 6) is -0.491. The maximum Gasteiger partial charge on any atom is 0.234 e. The van der Waals surface area contributed by atoms with Gasteiger partial charge in [0.15, 0.2) is 0 Å². The van der Waals surface area contributed by atoms with Crippen molar-refractivity contribution < 1.29 is 19.1 Å². The first kappa shape index (κ1) is 20.1. The van der Waals surface area contributed by atoms with Crippen LogP contribution in [0.4, 0.5) is 5.69 Å². The summed E-state index contributed by atoms with van der Waals surface area (Å²) in [6.07, 6.45) is 6.25. The molecule has 0 aliphatic carbocycles. The van der Waals surface area contributed by atoms with Gasteiger partial charge in [-0.15, -0.1) is 0 Å². The molecule has 2 N–H and O–H groups in total. The molecule has 6 rings (SSSR count). The molecule has 0 saturated carbocycles. The number of ether oxygens (including phenoxy) is 2. The summed E-state index contributed by atoms with van der Waals surface area (Å²) in [6, 6.07) is 15.5. The van der Waals surface area contributed by atoms with E-state index < -0.39 is 17.4 Å². The lowest BCUT2D eigenvalue weighted by Crippen LogP contribution is -2.44. The van der Waals surface area contributed by atoms with Gasteiger partial charge in [0, 0.05) is 29.3 Å². The molecule has 2 aromatic carbocycles. The van der Waals surface area contributed by atoms with Gasteiger partial charge in [-0.2, -0.15) is 0 Å². The van der Waals surface area contributed by atoms with Crippen LogP contribution in [0.5, 0.6) is 5.75 Å². The Morgan fingerprint density at radius 3 is 2.88 bits per heavy atom. The third kappa shape index (κ3) is 3.07. The first-order valence-electron chi connectivity index (χ1n) is 11.2. The number of fused-ring (bicyclic) bond motifs is 2.